The maximum Gasteiger partial charge on any atom is 0.305 e. The first-order valence-corrected chi connectivity index (χ1v) is 11.9. The fraction of sp³-hybridized carbons (Fsp3) is 0.250. The van der Waals surface area contributed by atoms with Gasteiger partial charge in [0.2, 0.25) is 0 Å². The van der Waals surface area contributed by atoms with Crippen molar-refractivity contribution in [2.24, 2.45) is 0 Å². The van der Waals surface area contributed by atoms with Gasteiger partial charge in [0.1, 0.15) is 11.2 Å². The molecule has 5 aromatic heterocycles. The van der Waals surface area contributed by atoms with E-state index in [9.17, 15) is 19.1 Å². The molecular formula is C24H20ClFN8O3. The van der Waals surface area contributed by atoms with Crippen LogP contribution in [0.15, 0.2) is 49.3 Å². The van der Waals surface area contributed by atoms with E-state index in [1.807, 2.05) is 16.7 Å². The van der Waals surface area contributed by atoms with Crippen molar-refractivity contribution in [1.29, 1.82) is 0 Å². The fourth-order valence-corrected chi connectivity index (χ4v) is 4.51. The Morgan fingerprint density at radius 3 is 2.81 bits per heavy atom. The van der Waals surface area contributed by atoms with Gasteiger partial charge in [-0.1, -0.05) is 22.9 Å². The number of carbonyl (C=O) groups excluding carboxylic acids is 1. The van der Waals surface area contributed by atoms with Gasteiger partial charge in [-0.2, -0.15) is 0 Å². The molecule has 0 aliphatic heterocycles. The predicted octanol–water partition coefficient (Wildman–Crippen LogP) is 3.24. The first-order chi connectivity index (χ1) is 17.9. The second-order valence-electron chi connectivity index (χ2n) is 9.02. The van der Waals surface area contributed by atoms with Crippen molar-refractivity contribution in [2.45, 2.75) is 37.8 Å². The Morgan fingerprint density at radius 2 is 2.03 bits per heavy atom. The number of carboxylic acids is 1. The maximum absolute atomic E-state index is 14.7. The molecule has 37 heavy (non-hydrogen) atoms. The summed E-state index contributed by atoms with van der Waals surface area (Å²) in [4.78, 5) is 33.2. The van der Waals surface area contributed by atoms with E-state index in [2.05, 4.69) is 37.9 Å². The molecule has 188 valence electrons. The van der Waals surface area contributed by atoms with Crippen LogP contribution in [0.1, 0.15) is 58.7 Å². The van der Waals surface area contributed by atoms with Crippen molar-refractivity contribution < 1.29 is 19.1 Å². The van der Waals surface area contributed by atoms with Crippen molar-refractivity contribution >= 4 is 34.6 Å². The number of hydrogen-bond donors (Lipinski definition) is 2. The van der Waals surface area contributed by atoms with E-state index in [0.29, 0.717) is 5.92 Å². The van der Waals surface area contributed by atoms with E-state index >= 15 is 0 Å². The highest BCUT2D eigenvalue weighted by molar-refractivity contribution is 6.31. The number of aliphatic carboxylic acids is 1. The smallest absolute Gasteiger partial charge is 0.305 e. The molecule has 0 spiro atoms. The van der Waals surface area contributed by atoms with E-state index in [4.69, 9.17) is 11.6 Å². The van der Waals surface area contributed by atoms with Crippen molar-refractivity contribution in [1.82, 2.24) is 39.1 Å². The van der Waals surface area contributed by atoms with Crippen LogP contribution < -0.4 is 5.32 Å². The molecule has 2 N–H and O–H groups in total. The predicted molar refractivity (Wildman–Crippen MR) is 129 cm³/mol. The molecule has 11 nitrogen and oxygen atoms in total. The number of carbonyl (C=O) groups is 2. The molecule has 1 unspecified atom stereocenters. The van der Waals surface area contributed by atoms with Crippen molar-refractivity contribution in [2.75, 3.05) is 0 Å². The lowest BCUT2D eigenvalue weighted by atomic mass is 10.1. The van der Waals surface area contributed by atoms with Gasteiger partial charge in [0, 0.05) is 18.6 Å². The number of fused-ring (bicyclic) bond motifs is 2. The lowest BCUT2D eigenvalue weighted by Gasteiger charge is -2.15. The van der Waals surface area contributed by atoms with E-state index in [-0.39, 0.29) is 28.5 Å². The molecule has 1 aliphatic rings. The molecule has 0 bridgehead atoms. The third kappa shape index (κ3) is 4.51. The van der Waals surface area contributed by atoms with E-state index in [1.165, 1.54) is 52.3 Å². The number of halogens is 2. The SMILES string of the molecule is O=C(O)CC(NC(=O)c1cn(Cc2cn3cc(C4CC4)ccc3n2)nn1)c1ncn2ccc(Cl)c(F)c12. The lowest BCUT2D eigenvalue weighted by Crippen LogP contribution is -2.31. The number of nitrogens with one attached hydrogen (secondary N) is 1. The van der Waals surface area contributed by atoms with Crippen LogP contribution in [0.5, 0.6) is 0 Å². The highest BCUT2D eigenvalue weighted by Crippen LogP contribution is 2.39. The topological polar surface area (TPSA) is 132 Å². The Bertz CT molecular complexity index is 1670. The number of nitrogens with zero attached hydrogens (tertiary/aromatic N) is 7. The minimum atomic E-state index is -1.20. The largest absolute Gasteiger partial charge is 0.481 e. The average Bonchev–Trinajstić information content (AvgIpc) is 3.26. The summed E-state index contributed by atoms with van der Waals surface area (Å²) in [7, 11) is 0. The van der Waals surface area contributed by atoms with Gasteiger partial charge in [0.05, 0.1) is 47.9 Å². The summed E-state index contributed by atoms with van der Waals surface area (Å²) in [5, 5.41) is 19.8. The van der Waals surface area contributed by atoms with E-state index < -0.39 is 30.2 Å². The molecular weight excluding hydrogens is 503 g/mol. The van der Waals surface area contributed by atoms with Gasteiger partial charge in [0.15, 0.2) is 11.5 Å². The number of imidazole rings is 2. The Kier molecular flexibility index (Phi) is 5.60. The van der Waals surface area contributed by atoms with Crippen LogP contribution in [0.2, 0.25) is 5.02 Å². The fourth-order valence-electron chi connectivity index (χ4n) is 4.37. The van der Waals surface area contributed by atoms with E-state index in [1.54, 1.807) is 0 Å². The molecule has 1 fully saturated rings. The van der Waals surface area contributed by atoms with Gasteiger partial charge in [-0.25, -0.2) is 19.0 Å². The first kappa shape index (κ1) is 23.1. The maximum atomic E-state index is 14.7. The Hall–Kier alpha value is -4.32. The van der Waals surface area contributed by atoms with Gasteiger partial charge < -0.3 is 19.2 Å². The van der Waals surface area contributed by atoms with E-state index in [0.717, 1.165) is 11.3 Å². The third-order valence-electron chi connectivity index (χ3n) is 6.30. The van der Waals surface area contributed by atoms with Gasteiger partial charge in [0.25, 0.3) is 5.91 Å². The summed E-state index contributed by atoms with van der Waals surface area (Å²) in [6.45, 7) is 0.286. The molecule has 1 aliphatic carbocycles. The quantitative estimate of drug-likeness (QED) is 0.320. The summed E-state index contributed by atoms with van der Waals surface area (Å²) in [5.74, 6) is -2.01. The Morgan fingerprint density at radius 1 is 1.19 bits per heavy atom. The number of hydrogen-bond acceptors (Lipinski definition) is 6. The Labute approximate surface area is 213 Å². The van der Waals surface area contributed by atoms with Crippen LogP contribution in [0, 0.1) is 5.82 Å². The molecule has 0 saturated heterocycles. The van der Waals surface area contributed by atoms with Crippen molar-refractivity contribution in [3.8, 4) is 0 Å². The zero-order valence-corrected chi connectivity index (χ0v) is 20.0. The van der Waals surface area contributed by atoms with Crippen LogP contribution in [0.25, 0.3) is 11.2 Å². The number of aromatic nitrogens is 7. The number of amides is 1. The molecule has 0 radical (unpaired) electrons. The summed E-state index contributed by atoms with van der Waals surface area (Å²) in [6.07, 6.45) is 10.2. The monoisotopic (exact) mass is 522 g/mol. The van der Waals surface area contributed by atoms with Crippen LogP contribution in [0.4, 0.5) is 4.39 Å². The molecule has 1 amide bonds. The standard InChI is InChI=1S/C24H20ClFN8O3/c25-16-5-6-32-12-27-22(23(32)21(16)26)17(7-20(35)36)29-24(37)18-11-34(31-30-18)10-15-9-33-8-14(13-1-2-13)3-4-19(33)28-15/h3-6,8-9,11-13,17H,1-2,7,10H2,(H,29,37)(H,35,36). The Balaban J connectivity index is 1.21. The number of rotatable bonds is 8. The molecule has 6 rings (SSSR count). The lowest BCUT2D eigenvalue weighted by molar-refractivity contribution is -0.137. The van der Waals surface area contributed by atoms with Gasteiger partial charge in [-0.05, 0) is 36.5 Å². The number of pyridine rings is 2. The third-order valence-corrected chi connectivity index (χ3v) is 6.59. The normalized spacial score (nSPS) is 14.3. The van der Waals surface area contributed by atoms with Crippen molar-refractivity contribution in [3.63, 3.8) is 0 Å². The zero-order valence-electron chi connectivity index (χ0n) is 19.3. The van der Waals surface area contributed by atoms with Crippen LogP contribution in [-0.4, -0.2) is 50.7 Å². The van der Waals surface area contributed by atoms with Crippen LogP contribution in [-0.2, 0) is 11.3 Å². The number of carboxylic acid groups (broad SMARTS) is 1. The highest BCUT2D eigenvalue weighted by atomic mass is 35.5. The highest BCUT2D eigenvalue weighted by Gasteiger charge is 2.27. The minimum Gasteiger partial charge on any atom is -0.481 e. The van der Waals surface area contributed by atoms with Gasteiger partial charge in [-0.15, -0.1) is 5.10 Å². The summed E-state index contributed by atoms with van der Waals surface area (Å²) >= 11 is 5.90. The molecule has 13 heteroatoms. The molecule has 1 saturated carbocycles. The summed E-state index contributed by atoms with van der Waals surface area (Å²) in [5.41, 5.74) is 2.84. The van der Waals surface area contributed by atoms with Gasteiger partial charge >= 0.3 is 5.97 Å². The summed E-state index contributed by atoms with van der Waals surface area (Å²) in [6, 6.07) is 4.30. The molecule has 5 aromatic rings. The second-order valence-corrected chi connectivity index (χ2v) is 9.43. The van der Waals surface area contributed by atoms with Gasteiger partial charge in [-0.3, -0.25) is 9.59 Å². The molecule has 1 atom stereocenters. The minimum absolute atomic E-state index is 0.0144. The van der Waals surface area contributed by atoms with Crippen molar-refractivity contribution in [3.05, 3.63) is 82.8 Å². The molecule has 5 heterocycles. The zero-order chi connectivity index (χ0) is 25.7. The summed E-state index contributed by atoms with van der Waals surface area (Å²) < 4.78 is 19.5. The van der Waals surface area contributed by atoms with Crippen LogP contribution >= 0.6 is 11.6 Å². The average molecular weight is 523 g/mol. The second kappa shape index (κ2) is 8.96. The first-order valence-electron chi connectivity index (χ1n) is 11.6. The molecule has 0 aromatic carbocycles. The van der Waals surface area contributed by atoms with Crippen LogP contribution in [0.3, 0.4) is 0 Å².